The second-order valence-electron chi connectivity index (χ2n) is 6.23. The number of carboxylic acids is 1. The largest absolute Gasteiger partial charge is 0.490 e. The molecule has 2 aromatic carbocycles. The number of hydrogen-bond donors (Lipinski definition) is 1. The average Bonchev–Trinajstić information content (AvgIpc) is 2.86. The number of fused-ring (bicyclic) bond motifs is 1. The summed E-state index contributed by atoms with van der Waals surface area (Å²) in [5.41, 5.74) is 1.45. The molecule has 3 rings (SSSR count). The van der Waals surface area contributed by atoms with E-state index in [1.165, 1.54) is 18.2 Å². The SMILES string of the molecule is CCOc1cc(C(=O)O)cc2c1OC(C)(Cc1ccc(F)cc1)C2. The maximum atomic E-state index is 13.1. The van der Waals surface area contributed by atoms with Crippen LogP contribution in [0.25, 0.3) is 0 Å². The van der Waals surface area contributed by atoms with Crippen LogP contribution in [-0.2, 0) is 12.8 Å². The fraction of sp³-hybridized carbons (Fsp3) is 0.316. The Morgan fingerprint density at radius 3 is 2.67 bits per heavy atom. The number of rotatable bonds is 5. The molecule has 4 nitrogen and oxygen atoms in total. The second-order valence-corrected chi connectivity index (χ2v) is 6.23. The third kappa shape index (κ3) is 3.20. The third-order valence-corrected chi connectivity index (χ3v) is 4.08. The zero-order valence-electron chi connectivity index (χ0n) is 13.6. The van der Waals surface area contributed by atoms with Crippen molar-refractivity contribution in [3.8, 4) is 11.5 Å². The van der Waals surface area contributed by atoms with Crippen LogP contribution in [0.4, 0.5) is 4.39 Å². The lowest BCUT2D eigenvalue weighted by molar-refractivity contribution is 0.0696. The summed E-state index contributed by atoms with van der Waals surface area (Å²) in [6.07, 6.45) is 1.16. The third-order valence-electron chi connectivity index (χ3n) is 4.08. The van der Waals surface area contributed by atoms with Crippen molar-refractivity contribution >= 4 is 5.97 Å². The fourth-order valence-electron chi connectivity index (χ4n) is 3.11. The Labute approximate surface area is 139 Å². The summed E-state index contributed by atoms with van der Waals surface area (Å²) < 4.78 is 24.8. The first-order chi connectivity index (χ1) is 11.4. The molecule has 1 aliphatic heterocycles. The second kappa shape index (κ2) is 6.15. The summed E-state index contributed by atoms with van der Waals surface area (Å²) >= 11 is 0. The summed E-state index contributed by atoms with van der Waals surface area (Å²) in [6, 6.07) is 9.45. The van der Waals surface area contributed by atoms with Crippen molar-refractivity contribution in [2.45, 2.75) is 32.3 Å². The molecule has 126 valence electrons. The summed E-state index contributed by atoms with van der Waals surface area (Å²) in [4.78, 5) is 11.3. The van der Waals surface area contributed by atoms with Crippen LogP contribution in [-0.4, -0.2) is 23.3 Å². The van der Waals surface area contributed by atoms with Gasteiger partial charge in [-0.2, -0.15) is 0 Å². The predicted octanol–water partition coefficient (Wildman–Crippen LogP) is 3.86. The molecule has 0 aromatic heterocycles. The normalized spacial score (nSPS) is 18.8. The van der Waals surface area contributed by atoms with E-state index in [-0.39, 0.29) is 11.4 Å². The monoisotopic (exact) mass is 330 g/mol. The van der Waals surface area contributed by atoms with Gasteiger partial charge in [0, 0.05) is 18.4 Å². The van der Waals surface area contributed by atoms with Gasteiger partial charge in [-0.25, -0.2) is 9.18 Å². The maximum Gasteiger partial charge on any atom is 0.335 e. The van der Waals surface area contributed by atoms with Gasteiger partial charge < -0.3 is 14.6 Å². The molecule has 2 aromatic rings. The topological polar surface area (TPSA) is 55.8 Å². The van der Waals surface area contributed by atoms with Crippen LogP contribution in [0, 0.1) is 5.82 Å². The minimum absolute atomic E-state index is 0.187. The molecule has 5 heteroatoms. The molecule has 1 N–H and O–H groups in total. The first kappa shape index (κ1) is 16.3. The van der Waals surface area contributed by atoms with E-state index in [1.807, 2.05) is 13.8 Å². The van der Waals surface area contributed by atoms with Crippen molar-refractivity contribution in [3.63, 3.8) is 0 Å². The standard InChI is InChI=1S/C19H19FO4/c1-3-23-16-9-13(18(21)22)8-14-11-19(2,24-17(14)16)10-12-4-6-15(20)7-5-12/h4-9H,3,10-11H2,1-2H3,(H,21,22). The van der Waals surface area contributed by atoms with Crippen molar-refractivity contribution in [1.29, 1.82) is 0 Å². The molecule has 0 saturated carbocycles. The van der Waals surface area contributed by atoms with E-state index in [9.17, 15) is 14.3 Å². The van der Waals surface area contributed by atoms with Gasteiger partial charge in [-0.05, 0) is 43.7 Å². The van der Waals surface area contributed by atoms with Gasteiger partial charge in [0.2, 0.25) is 0 Å². The lowest BCUT2D eigenvalue weighted by Gasteiger charge is -2.24. The van der Waals surface area contributed by atoms with Crippen molar-refractivity contribution in [1.82, 2.24) is 0 Å². The molecule has 0 bridgehead atoms. The molecule has 1 atom stereocenters. The first-order valence-corrected chi connectivity index (χ1v) is 7.87. The van der Waals surface area contributed by atoms with E-state index in [4.69, 9.17) is 9.47 Å². The molecule has 0 spiro atoms. The van der Waals surface area contributed by atoms with E-state index >= 15 is 0 Å². The van der Waals surface area contributed by atoms with E-state index in [1.54, 1.807) is 18.2 Å². The smallest absolute Gasteiger partial charge is 0.335 e. The van der Waals surface area contributed by atoms with Crippen molar-refractivity contribution in [2.24, 2.45) is 0 Å². The van der Waals surface area contributed by atoms with Crippen LogP contribution in [0.5, 0.6) is 11.5 Å². The zero-order valence-corrected chi connectivity index (χ0v) is 13.6. The van der Waals surface area contributed by atoms with Gasteiger partial charge in [-0.15, -0.1) is 0 Å². The van der Waals surface area contributed by atoms with Gasteiger partial charge in [0.25, 0.3) is 0 Å². The summed E-state index contributed by atoms with van der Waals surface area (Å²) in [5, 5.41) is 9.27. The van der Waals surface area contributed by atoms with Crippen molar-refractivity contribution in [2.75, 3.05) is 6.61 Å². The molecule has 0 amide bonds. The van der Waals surface area contributed by atoms with Gasteiger partial charge in [-0.3, -0.25) is 0 Å². The zero-order chi connectivity index (χ0) is 17.3. The van der Waals surface area contributed by atoms with Crippen LogP contribution in [0.1, 0.15) is 35.3 Å². The Bertz CT molecular complexity index is 770. The molecule has 24 heavy (non-hydrogen) atoms. The molecule has 0 radical (unpaired) electrons. The van der Waals surface area contributed by atoms with Crippen molar-refractivity contribution in [3.05, 3.63) is 58.9 Å². The Balaban J connectivity index is 1.90. The Morgan fingerprint density at radius 2 is 2.04 bits per heavy atom. The van der Waals surface area contributed by atoms with Gasteiger partial charge >= 0.3 is 5.97 Å². The summed E-state index contributed by atoms with van der Waals surface area (Å²) in [6.45, 7) is 4.23. The van der Waals surface area contributed by atoms with Crippen LogP contribution >= 0.6 is 0 Å². The maximum absolute atomic E-state index is 13.1. The van der Waals surface area contributed by atoms with Gasteiger partial charge in [0.05, 0.1) is 12.2 Å². The minimum atomic E-state index is -0.995. The Kier molecular flexibility index (Phi) is 4.18. The quantitative estimate of drug-likeness (QED) is 0.904. The van der Waals surface area contributed by atoms with Crippen LogP contribution in [0.2, 0.25) is 0 Å². The number of halogens is 1. The van der Waals surface area contributed by atoms with Gasteiger partial charge in [-0.1, -0.05) is 12.1 Å². The van der Waals surface area contributed by atoms with Gasteiger partial charge in [0.15, 0.2) is 11.5 Å². The highest BCUT2D eigenvalue weighted by Crippen LogP contribution is 2.44. The van der Waals surface area contributed by atoms with E-state index in [0.717, 1.165) is 11.1 Å². The lowest BCUT2D eigenvalue weighted by Crippen LogP contribution is -2.33. The number of hydrogen-bond acceptors (Lipinski definition) is 3. The molecule has 1 unspecified atom stereocenters. The van der Waals surface area contributed by atoms with Crippen molar-refractivity contribution < 1.29 is 23.8 Å². The van der Waals surface area contributed by atoms with E-state index in [0.29, 0.717) is 30.9 Å². The average molecular weight is 330 g/mol. The van der Waals surface area contributed by atoms with E-state index < -0.39 is 11.6 Å². The Hall–Kier alpha value is -2.56. The molecule has 0 saturated heterocycles. The molecule has 1 heterocycles. The molecular weight excluding hydrogens is 311 g/mol. The molecule has 0 fully saturated rings. The highest BCUT2D eigenvalue weighted by molar-refractivity contribution is 5.89. The molecule has 1 aliphatic rings. The van der Waals surface area contributed by atoms with E-state index in [2.05, 4.69) is 0 Å². The van der Waals surface area contributed by atoms with Crippen LogP contribution < -0.4 is 9.47 Å². The predicted molar refractivity (Wildman–Crippen MR) is 87.4 cm³/mol. The summed E-state index contributed by atoms with van der Waals surface area (Å²) in [5.74, 6) is -0.211. The van der Waals surface area contributed by atoms with Crippen LogP contribution in [0.3, 0.4) is 0 Å². The number of benzene rings is 2. The Morgan fingerprint density at radius 1 is 1.33 bits per heavy atom. The number of carbonyl (C=O) groups is 1. The number of ether oxygens (including phenoxy) is 2. The molecule has 0 aliphatic carbocycles. The van der Waals surface area contributed by atoms with Gasteiger partial charge in [0.1, 0.15) is 11.4 Å². The number of aromatic carboxylic acids is 1. The first-order valence-electron chi connectivity index (χ1n) is 7.87. The van der Waals surface area contributed by atoms with Crippen LogP contribution in [0.15, 0.2) is 36.4 Å². The highest BCUT2D eigenvalue weighted by atomic mass is 19.1. The lowest BCUT2D eigenvalue weighted by atomic mass is 9.91. The minimum Gasteiger partial charge on any atom is -0.490 e. The summed E-state index contributed by atoms with van der Waals surface area (Å²) in [7, 11) is 0. The number of carboxylic acid groups (broad SMARTS) is 1. The fourth-order valence-corrected chi connectivity index (χ4v) is 3.11. The highest BCUT2D eigenvalue weighted by Gasteiger charge is 2.37. The molecular formula is C19H19FO4.